The van der Waals surface area contributed by atoms with Gasteiger partial charge in [-0.1, -0.05) is 17.7 Å². The van der Waals surface area contributed by atoms with Crippen LogP contribution in [0.4, 0.5) is 5.82 Å². The number of hydrogen-bond acceptors (Lipinski definition) is 5. The maximum atomic E-state index is 6.44. The number of aromatic nitrogens is 4. The molecular formula is C17H16ClN5S. The van der Waals surface area contributed by atoms with Crippen molar-refractivity contribution in [3.05, 3.63) is 59.0 Å². The van der Waals surface area contributed by atoms with Crippen molar-refractivity contribution < 1.29 is 0 Å². The minimum atomic E-state index is 0.0937. The van der Waals surface area contributed by atoms with E-state index in [9.17, 15) is 0 Å². The van der Waals surface area contributed by atoms with Crippen LogP contribution in [0.5, 0.6) is 0 Å². The summed E-state index contributed by atoms with van der Waals surface area (Å²) in [6, 6.07) is 7.87. The summed E-state index contributed by atoms with van der Waals surface area (Å²) in [5, 5.41) is 9.00. The van der Waals surface area contributed by atoms with Crippen LogP contribution in [-0.4, -0.2) is 32.0 Å². The molecule has 1 unspecified atom stereocenters. The molecule has 1 aliphatic heterocycles. The Hall–Kier alpha value is -2.05. The number of nitrogens with one attached hydrogen (secondary N) is 1. The summed E-state index contributed by atoms with van der Waals surface area (Å²) in [5.74, 6) is 2.01. The molecule has 0 aliphatic carbocycles. The first kappa shape index (κ1) is 15.5. The Morgan fingerprint density at radius 2 is 2.21 bits per heavy atom. The van der Waals surface area contributed by atoms with Gasteiger partial charge in [-0.3, -0.25) is 14.6 Å². The standard InChI is InChI=1S/C17H16ClN5S/c1-23-17-14(15(22-23)13-4-2-3-6-20-13)16(24-9-8-21-17)11-5-7-19-10-12(11)18/h2-7,10,16,21H,8-9H2,1H3. The van der Waals surface area contributed by atoms with Crippen LogP contribution < -0.4 is 5.32 Å². The minimum absolute atomic E-state index is 0.0937. The second-order valence-electron chi connectivity index (χ2n) is 5.52. The summed E-state index contributed by atoms with van der Waals surface area (Å²) in [4.78, 5) is 8.61. The van der Waals surface area contributed by atoms with Crippen LogP contribution in [-0.2, 0) is 7.05 Å². The summed E-state index contributed by atoms with van der Waals surface area (Å²) in [6.07, 6.45) is 5.28. The maximum absolute atomic E-state index is 6.44. The van der Waals surface area contributed by atoms with Crippen molar-refractivity contribution in [1.29, 1.82) is 0 Å². The molecule has 0 spiro atoms. The molecule has 0 bridgehead atoms. The fourth-order valence-electron chi connectivity index (χ4n) is 2.96. The van der Waals surface area contributed by atoms with Gasteiger partial charge in [0.15, 0.2) is 0 Å². The first-order chi connectivity index (χ1) is 11.8. The van der Waals surface area contributed by atoms with E-state index >= 15 is 0 Å². The summed E-state index contributed by atoms with van der Waals surface area (Å²) in [5.41, 5.74) is 3.96. The summed E-state index contributed by atoms with van der Waals surface area (Å²) in [7, 11) is 1.96. The molecule has 1 N–H and O–H groups in total. The van der Waals surface area contributed by atoms with E-state index in [1.807, 2.05) is 47.8 Å². The molecule has 0 fully saturated rings. The van der Waals surface area contributed by atoms with Crippen molar-refractivity contribution in [3.63, 3.8) is 0 Å². The second kappa shape index (κ2) is 6.45. The van der Waals surface area contributed by atoms with Gasteiger partial charge in [0.05, 0.1) is 16.0 Å². The lowest BCUT2D eigenvalue weighted by atomic mass is 10.0. The topological polar surface area (TPSA) is 55.6 Å². The molecule has 5 nitrogen and oxygen atoms in total. The lowest BCUT2D eigenvalue weighted by molar-refractivity contribution is 0.773. The first-order valence-corrected chi connectivity index (χ1v) is 9.11. The Labute approximate surface area is 149 Å². The molecule has 3 aromatic rings. The number of aryl methyl sites for hydroxylation is 1. The Balaban J connectivity index is 1.94. The molecule has 1 aliphatic rings. The third kappa shape index (κ3) is 2.65. The second-order valence-corrected chi connectivity index (χ2v) is 7.14. The first-order valence-electron chi connectivity index (χ1n) is 7.69. The number of rotatable bonds is 2. The zero-order valence-electron chi connectivity index (χ0n) is 13.1. The molecule has 3 aromatic heterocycles. The summed E-state index contributed by atoms with van der Waals surface area (Å²) < 4.78 is 1.90. The molecule has 4 heterocycles. The Morgan fingerprint density at radius 3 is 3.00 bits per heavy atom. The van der Waals surface area contributed by atoms with Gasteiger partial charge in [-0.2, -0.15) is 5.10 Å². The molecular weight excluding hydrogens is 342 g/mol. The Kier molecular flexibility index (Phi) is 4.16. The predicted octanol–water partition coefficient (Wildman–Crippen LogP) is 3.78. The molecule has 0 radical (unpaired) electrons. The zero-order valence-corrected chi connectivity index (χ0v) is 14.7. The van der Waals surface area contributed by atoms with Gasteiger partial charge >= 0.3 is 0 Å². The molecule has 0 saturated heterocycles. The van der Waals surface area contributed by atoms with E-state index in [1.54, 1.807) is 18.6 Å². The molecule has 0 amide bonds. The maximum Gasteiger partial charge on any atom is 0.129 e. The van der Waals surface area contributed by atoms with Crippen molar-refractivity contribution in [2.45, 2.75) is 5.25 Å². The van der Waals surface area contributed by atoms with Crippen LogP contribution in [0.1, 0.15) is 16.4 Å². The van der Waals surface area contributed by atoms with Crippen molar-refractivity contribution in [2.24, 2.45) is 7.05 Å². The fourth-order valence-corrected chi connectivity index (χ4v) is 4.49. The van der Waals surface area contributed by atoms with Gasteiger partial charge in [-0.05, 0) is 23.8 Å². The van der Waals surface area contributed by atoms with E-state index in [1.165, 1.54) is 0 Å². The number of thioether (sulfide) groups is 1. The molecule has 24 heavy (non-hydrogen) atoms. The van der Waals surface area contributed by atoms with Crippen LogP contribution in [0.2, 0.25) is 5.02 Å². The highest BCUT2D eigenvalue weighted by Gasteiger charge is 2.30. The van der Waals surface area contributed by atoms with E-state index < -0.39 is 0 Å². The zero-order chi connectivity index (χ0) is 16.5. The van der Waals surface area contributed by atoms with Crippen LogP contribution in [0.3, 0.4) is 0 Å². The smallest absolute Gasteiger partial charge is 0.129 e. The monoisotopic (exact) mass is 357 g/mol. The third-order valence-corrected chi connectivity index (χ3v) is 5.60. The highest BCUT2D eigenvalue weighted by molar-refractivity contribution is 7.99. The molecule has 4 rings (SSSR count). The number of halogens is 1. The van der Waals surface area contributed by atoms with Crippen molar-refractivity contribution in [1.82, 2.24) is 19.7 Å². The summed E-state index contributed by atoms with van der Waals surface area (Å²) in [6.45, 7) is 0.887. The van der Waals surface area contributed by atoms with Crippen LogP contribution >= 0.6 is 23.4 Å². The van der Waals surface area contributed by atoms with Crippen LogP contribution in [0.25, 0.3) is 11.4 Å². The molecule has 1 atom stereocenters. The van der Waals surface area contributed by atoms with E-state index in [-0.39, 0.29) is 5.25 Å². The Bertz CT molecular complexity index is 865. The van der Waals surface area contributed by atoms with Crippen molar-refractivity contribution >= 4 is 29.2 Å². The third-order valence-electron chi connectivity index (χ3n) is 4.02. The van der Waals surface area contributed by atoms with Gasteiger partial charge in [-0.15, -0.1) is 11.8 Å². The molecule has 122 valence electrons. The lowest BCUT2D eigenvalue weighted by Crippen LogP contribution is -2.06. The minimum Gasteiger partial charge on any atom is -0.369 e. The number of pyridine rings is 2. The highest BCUT2D eigenvalue weighted by Crippen LogP contribution is 2.46. The van der Waals surface area contributed by atoms with Gasteiger partial charge in [-0.25, -0.2) is 0 Å². The fraction of sp³-hybridized carbons (Fsp3) is 0.235. The van der Waals surface area contributed by atoms with E-state index in [2.05, 4.69) is 15.3 Å². The SMILES string of the molecule is Cn1nc(-c2ccccn2)c2c1NCCSC2c1ccncc1Cl. The number of hydrogen-bond donors (Lipinski definition) is 1. The van der Waals surface area contributed by atoms with E-state index in [0.29, 0.717) is 5.02 Å². The lowest BCUT2D eigenvalue weighted by Gasteiger charge is -2.17. The van der Waals surface area contributed by atoms with Gasteiger partial charge < -0.3 is 5.32 Å². The van der Waals surface area contributed by atoms with Gasteiger partial charge in [0, 0.05) is 43.5 Å². The Morgan fingerprint density at radius 1 is 1.29 bits per heavy atom. The van der Waals surface area contributed by atoms with Gasteiger partial charge in [0.25, 0.3) is 0 Å². The quantitative estimate of drug-likeness (QED) is 0.756. The van der Waals surface area contributed by atoms with Crippen LogP contribution in [0.15, 0.2) is 42.9 Å². The predicted molar refractivity (Wildman–Crippen MR) is 98.5 cm³/mol. The molecule has 7 heteroatoms. The highest BCUT2D eigenvalue weighted by atomic mass is 35.5. The average molecular weight is 358 g/mol. The number of anilines is 1. The molecule has 0 saturated carbocycles. The normalized spacial score (nSPS) is 17.0. The van der Waals surface area contributed by atoms with Crippen molar-refractivity contribution in [3.8, 4) is 11.4 Å². The summed E-state index contributed by atoms with van der Waals surface area (Å²) >= 11 is 8.30. The van der Waals surface area contributed by atoms with Gasteiger partial charge in [0.2, 0.25) is 0 Å². The largest absolute Gasteiger partial charge is 0.369 e. The van der Waals surface area contributed by atoms with Crippen molar-refractivity contribution in [2.75, 3.05) is 17.6 Å². The van der Waals surface area contributed by atoms with E-state index in [4.69, 9.17) is 16.7 Å². The molecule has 0 aromatic carbocycles. The average Bonchev–Trinajstić information content (AvgIpc) is 2.80. The van der Waals surface area contributed by atoms with Gasteiger partial charge in [0.1, 0.15) is 11.5 Å². The number of nitrogens with zero attached hydrogens (tertiary/aromatic N) is 4. The number of fused-ring (bicyclic) bond motifs is 1. The van der Waals surface area contributed by atoms with Crippen LogP contribution in [0, 0.1) is 0 Å². The van der Waals surface area contributed by atoms with E-state index in [0.717, 1.165) is 40.6 Å².